The van der Waals surface area contributed by atoms with Gasteiger partial charge in [0.2, 0.25) is 0 Å². The molecule has 0 aliphatic carbocycles. The van der Waals surface area contributed by atoms with Crippen molar-refractivity contribution in [2.75, 3.05) is 13.2 Å². The molecule has 4 nitrogen and oxygen atoms in total. The fourth-order valence-electron chi connectivity index (χ4n) is 0.167. The molecule has 0 aromatic rings. The highest BCUT2D eigenvalue weighted by molar-refractivity contribution is 4.67. The van der Waals surface area contributed by atoms with Crippen LogP contribution in [0.25, 0.3) is 0 Å². The Kier molecular flexibility index (Phi) is 8.97. The lowest BCUT2D eigenvalue weighted by molar-refractivity contribution is 0.179. The van der Waals surface area contributed by atoms with Crippen molar-refractivity contribution < 1.29 is 10.2 Å². The average Bonchev–Trinajstić information content (AvgIpc) is 2.03. The summed E-state index contributed by atoms with van der Waals surface area (Å²) >= 11 is 0. The molecule has 4 heteroatoms. The van der Waals surface area contributed by atoms with Gasteiger partial charge in [0.05, 0.1) is 12.7 Å². The van der Waals surface area contributed by atoms with Crippen LogP contribution in [0.3, 0.4) is 0 Å². The fraction of sp³-hybridized carbons (Fsp3) is 1.00. The molecule has 0 amide bonds. The second-order valence-electron chi connectivity index (χ2n) is 3.44. The molecule has 12 heavy (non-hydrogen) atoms. The Morgan fingerprint density at radius 1 is 1.42 bits per heavy atom. The molecule has 0 aromatic heterocycles. The molecule has 0 fully saturated rings. The molecular weight excluding hydrogens is 156 g/mol. The summed E-state index contributed by atoms with van der Waals surface area (Å²) in [4.78, 5) is 0. The van der Waals surface area contributed by atoms with E-state index >= 15 is 0 Å². The van der Waals surface area contributed by atoms with Crippen molar-refractivity contribution in [3.63, 3.8) is 0 Å². The van der Waals surface area contributed by atoms with Crippen LogP contribution in [0.5, 0.6) is 0 Å². The topological polar surface area (TPSA) is 92.5 Å². The van der Waals surface area contributed by atoms with Crippen LogP contribution in [0.15, 0.2) is 0 Å². The lowest BCUT2D eigenvalue weighted by atomic mass is 10.1. The predicted octanol–water partition coefficient (Wildman–Crippen LogP) is -0.568. The highest BCUT2D eigenvalue weighted by Gasteiger charge is 2.05. The zero-order valence-electron chi connectivity index (χ0n) is 8.25. The SMILES string of the molecule is CC(C)(N)CO.CCC(O)CN. The average molecular weight is 178 g/mol. The summed E-state index contributed by atoms with van der Waals surface area (Å²) in [6, 6.07) is 0. The number of rotatable bonds is 3. The Balaban J connectivity index is 0. The first kappa shape index (κ1) is 14.4. The normalized spacial score (nSPS) is 13.2. The monoisotopic (exact) mass is 178 g/mol. The van der Waals surface area contributed by atoms with Crippen LogP contribution in [-0.4, -0.2) is 35.0 Å². The Morgan fingerprint density at radius 3 is 1.75 bits per heavy atom. The predicted molar refractivity (Wildman–Crippen MR) is 50.7 cm³/mol. The van der Waals surface area contributed by atoms with E-state index in [2.05, 4.69) is 0 Å². The van der Waals surface area contributed by atoms with E-state index in [1.807, 2.05) is 6.92 Å². The molecule has 0 radical (unpaired) electrons. The summed E-state index contributed by atoms with van der Waals surface area (Å²) in [5.41, 5.74) is 9.91. The molecular formula is C8H22N2O2. The largest absolute Gasteiger partial charge is 0.394 e. The van der Waals surface area contributed by atoms with Gasteiger partial charge in [0.15, 0.2) is 0 Å². The number of nitrogens with two attached hydrogens (primary N) is 2. The maximum atomic E-state index is 8.54. The van der Waals surface area contributed by atoms with Crippen LogP contribution in [-0.2, 0) is 0 Å². The summed E-state index contributed by atoms with van der Waals surface area (Å²) < 4.78 is 0. The lowest BCUT2D eigenvalue weighted by Crippen LogP contribution is -2.35. The van der Waals surface area contributed by atoms with Gasteiger partial charge in [-0.05, 0) is 20.3 Å². The third-order valence-electron chi connectivity index (χ3n) is 1.15. The second kappa shape index (κ2) is 7.49. The van der Waals surface area contributed by atoms with E-state index in [-0.39, 0.29) is 12.7 Å². The standard InChI is InChI=1S/2C4H11NO/c1-4(2,5)3-6;1-2-4(6)3-5/h6H,3,5H2,1-2H3;4,6H,2-3,5H2,1H3. The van der Waals surface area contributed by atoms with E-state index < -0.39 is 5.54 Å². The first-order chi connectivity index (χ1) is 5.37. The van der Waals surface area contributed by atoms with E-state index in [9.17, 15) is 0 Å². The van der Waals surface area contributed by atoms with Crippen LogP contribution in [0.4, 0.5) is 0 Å². The van der Waals surface area contributed by atoms with Gasteiger partial charge >= 0.3 is 0 Å². The molecule has 0 bridgehead atoms. The summed E-state index contributed by atoms with van der Waals surface area (Å²) in [7, 11) is 0. The van der Waals surface area contributed by atoms with Gasteiger partial charge in [0, 0.05) is 12.1 Å². The van der Waals surface area contributed by atoms with Gasteiger partial charge in [-0.3, -0.25) is 0 Å². The molecule has 0 aliphatic heterocycles. The number of hydrogen-bond donors (Lipinski definition) is 4. The zero-order chi connectivity index (χ0) is 10.2. The van der Waals surface area contributed by atoms with E-state index in [4.69, 9.17) is 21.7 Å². The van der Waals surface area contributed by atoms with Crippen LogP contribution in [0.1, 0.15) is 27.2 Å². The van der Waals surface area contributed by atoms with Gasteiger partial charge in [-0.15, -0.1) is 0 Å². The van der Waals surface area contributed by atoms with Crippen LogP contribution in [0, 0.1) is 0 Å². The maximum Gasteiger partial charge on any atom is 0.0659 e. The minimum absolute atomic E-state index is 0.0486. The first-order valence-electron chi connectivity index (χ1n) is 4.15. The Morgan fingerprint density at radius 2 is 1.75 bits per heavy atom. The van der Waals surface area contributed by atoms with Crippen LogP contribution < -0.4 is 11.5 Å². The quantitative estimate of drug-likeness (QED) is 0.466. The Labute approximate surface area is 74.6 Å². The van der Waals surface area contributed by atoms with Crippen molar-refractivity contribution in [3.8, 4) is 0 Å². The first-order valence-corrected chi connectivity index (χ1v) is 4.15. The molecule has 76 valence electrons. The summed E-state index contributed by atoms with van der Waals surface area (Å²) in [6.45, 7) is 5.88. The highest BCUT2D eigenvalue weighted by atomic mass is 16.3. The molecule has 1 unspecified atom stereocenters. The lowest BCUT2D eigenvalue weighted by Gasteiger charge is -2.12. The molecule has 0 saturated heterocycles. The third kappa shape index (κ3) is 16.4. The summed E-state index contributed by atoms with van der Waals surface area (Å²) in [5.74, 6) is 0. The summed E-state index contributed by atoms with van der Waals surface area (Å²) in [6.07, 6.45) is 0.473. The molecule has 0 heterocycles. The van der Waals surface area contributed by atoms with E-state index in [1.165, 1.54) is 0 Å². The van der Waals surface area contributed by atoms with Crippen molar-refractivity contribution >= 4 is 0 Å². The fourth-order valence-corrected chi connectivity index (χ4v) is 0.167. The summed E-state index contributed by atoms with van der Waals surface area (Å²) in [5, 5.41) is 16.8. The maximum absolute atomic E-state index is 8.54. The Bertz CT molecular complexity index is 87.5. The van der Waals surface area contributed by atoms with Crippen molar-refractivity contribution in [1.82, 2.24) is 0 Å². The van der Waals surface area contributed by atoms with Gasteiger partial charge in [0.1, 0.15) is 0 Å². The molecule has 0 aromatic carbocycles. The van der Waals surface area contributed by atoms with E-state index in [1.54, 1.807) is 13.8 Å². The molecule has 1 atom stereocenters. The minimum atomic E-state index is -0.403. The molecule has 0 spiro atoms. The molecule has 0 aliphatic rings. The number of aliphatic hydroxyl groups is 2. The van der Waals surface area contributed by atoms with Crippen molar-refractivity contribution in [2.45, 2.75) is 38.8 Å². The zero-order valence-corrected chi connectivity index (χ0v) is 8.25. The minimum Gasteiger partial charge on any atom is -0.394 e. The Hall–Kier alpha value is -0.160. The number of hydrogen-bond acceptors (Lipinski definition) is 4. The van der Waals surface area contributed by atoms with Crippen molar-refractivity contribution in [2.24, 2.45) is 11.5 Å². The second-order valence-corrected chi connectivity index (χ2v) is 3.44. The van der Waals surface area contributed by atoms with Gasteiger partial charge in [-0.1, -0.05) is 6.92 Å². The third-order valence-corrected chi connectivity index (χ3v) is 1.15. The molecule has 0 rings (SSSR count). The van der Waals surface area contributed by atoms with E-state index in [0.717, 1.165) is 6.42 Å². The van der Waals surface area contributed by atoms with Gasteiger partial charge in [-0.2, -0.15) is 0 Å². The van der Waals surface area contributed by atoms with E-state index in [0.29, 0.717) is 6.54 Å². The van der Waals surface area contributed by atoms with Crippen molar-refractivity contribution in [3.05, 3.63) is 0 Å². The van der Waals surface area contributed by atoms with Crippen LogP contribution >= 0.6 is 0 Å². The smallest absolute Gasteiger partial charge is 0.0659 e. The molecule has 0 saturated carbocycles. The number of aliphatic hydroxyl groups excluding tert-OH is 2. The van der Waals surface area contributed by atoms with Crippen LogP contribution in [0.2, 0.25) is 0 Å². The van der Waals surface area contributed by atoms with Crippen molar-refractivity contribution in [1.29, 1.82) is 0 Å². The van der Waals surface area contributed by atoms with Gasteiger partial charge in [-0.25, -0.2) is 0 Å². The van der Waals surface area contributed by atoms with Gasteiger partial charge < -0.3 is 21.7 Å². The molecule has 6 N–H and O–H groups in total. The highest BCUT2D eigenvalue weighted by Crippen LogP contribution is 1.90. The van der Waals surface area contributed by atoms with Gasteiger partial charge in [0.25, 0.3) is 0 Å².